The minimum absolute atomic E-state index is 0.00721. The highest BCUT2D eigenvalue weighted by atomic mass is 16.3. The Morgan fingerprint density at radius 3 is 2.04 bits per heavy atom. The number of aliphatic hydroxyl groups is 2. The van der Waals surface area contributed by atoms with E-state index in [0.29, 0.717) is 37.3 Å². The van der Waals surface area contributed by atoms with Gasteiger partial charge in [-0.2, -0.15) is 0 Å². The minimum atomic E-state index is -0.0427. The quantitative estimate of drug-likeness (QED) is 0.641. The highest BCUT2D eigenvalue weighted by Gasteiger charge is 2.22. The summed E-state index contributed by atoms with van der Waals surface area (Å²) in [6, 6.07) is 14.9. The summed E-state index contributed by atoms with van der Waals surface area (Å²) < 4.78 is 0. The first-order valence-electron chi connectivity index (χ1n) is 9.12. The summed E-state index contributed by atoms with van der Waals surface area (Å²) in [5.74, 6) is -0.0427. The van der Waals surface area contributed by atoms with Gasteiger partial charge >= 0.3 is 0 Å². The second-order valence-corrected chi connectivity index (χ2v) is 5.98. The second kappa shape index (κ2) is 9.94. The van der Waals surface area contributed by atoms with Gasteiger partial charge in [0, 0.05) is 37.3 Å². The van der Waals surface area contributed by atoms with E-state index in [2.05, 4.69) is 4.90 Å². The molecule has 2 rings (SSSR count). The van der Waals surface area contributed by atoms with Gasteiger partial charge in [0.25, 0.3) is 0 Å². The topological polar surface area (TPSA) is 64.0 Å². The highest BCUT2D eigenvalue weighted by molar-refractivity contribution is 6.14. The summed E-state index contributed by atoms with van der Waals surface area (Å²) in [4.78, 5) is 17.2. The molecule has 0 amide bonds. The van der Waals surface area contributed by atoms with E-state index in [-0.39, 0.29) is 19.0 Å². The van der Waals surface area contributed by atoms with Crippen molar-refractivity contribution in [2.75, 3.05) is 49.2 Å². The van der Waals surface area contributed by atoms with Crippen LogP contribution in [0.1, 0.15) is 29.8 Å². The van der Waals surface area contributed by atoms with Crippen LogP contribution in [0.2, 0.25) is 0 Å². The summed E-state index contributed by atoms with van der Waals surface area (Å²) in [7, 11) is 0. The molecule has 0 aliphatic heterocycles. The zero-order valence-corrected chi connectivity index (χ0v) is 15.6. The molecule has 0 saturated heterocycles. The number of benzene rings is 2. The van der Waals surface area contributed by atoms with Gasteiger partial charge in [0.2, 0.25) is 0 Å². The van der Waals surface area contributed by atoms with Crippen molar-refractivity contribution in [1.82, 2.24) is 0 Å². The molecule has 2 N–H and O–H groups in total. The number of carbonyl (C=O) groups is 1. The molecule has 0 spiro atoms. The lowest BCUT2D eigenvalue weighted by atomic mass is 9.99. The van der Waals surface area contributed by atoms with Crippen LogP contribution in [-0.4, -0.2) is 55.4 Å². The van der Waals surface area contributed by atoms with E-state index in [0.717, 1.165) is 11.4 Å². The minimum Gasteiger partial charge on any atom is -0.395 e. The first-order valence-corrected chi connectivity index (χ1v) is 9.12. The third kappa shape index (κ3) is 4.42. The van der Waals surface area contributed by atoms with Crippen LogP contribution in [0.15, 0.2) is 48.5 Å². The number of hydrogen-bond acceptors (Lipinski definition) is 5. The summed E-state index contributed by atoms with van der Waals surface area (Å²) in [5, 5.41) is 18.9. The van der Waals surface area contributed by atoms with Gasteiger partial charge in [-0.25, -0.2) is 0 Å². The van der Waals surface area contributed by atoms with Crippen molar-refractivity contribution in [3.63, 3.8) is 0 Å². The van der Waals surface area contributed by atoms with E-state index in [1.165, 1.54) is 0 Å². The summed E-state index contributed by atoms with van der Waals surface area (Å²) >= 11 is 0. The lowest BCUT2D eigenvalue weighted by molar-refractivity contribution is 0.103. The molecule has 0 aromatic heterocycles. The Kier molecular flexibility index (Phi) is 7.63. The van der Waals surface area contributed by atoms with Crippen LogP contribution < -0.4 is 9.80 Å². The van der Waals surface area contributed by atoms with Gasteiger partial charge in [0.1, 0.15) is 0 Å². The van der Waals surface area contributed by atoms with Gasteiger partial charge in [-0.3, -0.25) is 4.79 Å². The van der Waals surface area contributed by atoms with Gasteiger partial charge < -0.3 is 20.0 Å². The number of likely N-dealkylation sites (N-methyl/N-ethyl adjacent to an activating group) is 2. The maximum Gasteiger partial charge on any atom is 0.195 e. The third-order valence-corrected chi connectivity index (χ3v) is 4.46. The molecule has 0 fully saturated rings. The number of rotatable bonds is 10. The van der Waals surface area contributed by atoms with E-state index in [1.807, 2.05) is 67.3 Å². The van der Waals surface area contributed by atoms with Crippen LogP contribution >= 0.6 is 0 Å². The molecule has 5 nitrogen and oxygen atoms in total. The molecule has 0 atom stereocenters. The van der Waals surface area contributed by atoms with E-state index in [9.17, 15) is 15.0 Å². The molecular formula is C21H28N2O3. The lowest BCUT2D eigenvalue weighted by Gasteiger charge is -2.32. The monoisotopic (exact) mass is 356 g/mol. The van der Waals surface area contributed by atoms with Crippen molar-refractivity contribution in [1.29, 1.82) is 0 Å². The lowest BCUT2D eigenvalue weighted by Crippen LogP contribution is -2.33. The predicted octanol–water partition coefficient (Wildman–Crippen LogP) is 2.55. The van der Waals surface area contributed by atoms with Crippen LogP contribution in [0, 0.1) is 0 Å². The first-order chi connectivity index (χ1) is 12.7. The average molecular weight is 356 g/mol. The molecule has 0 bridgehead atoms. The van der Waals surface area contributed by atoms with Crippen LogP contribution in [0.5, 0.6) is 0 Å². The summed E-state index contributed by atoms with van der Waals surface area (Å²) in [6.45, 7) is 6.39. The maximum absolute atomic E-state index is 13.2. The second-order valence-electron chi connectivity index (χ2n) is 5.98. The largest absolute Gasteiger partial charge is 0.395 e. The molecule has 26 heavy (non-hydrogen) atoms. The summed E-state index contributed by atoms with van der Waals surface area (Å²) in [6.07, 6.45) is 0. The molecule has 0 aliphatic carbocycles. The number of anilines is 2. The van der Waals surface area contributed by atoms with Gasteiger partial charge in [0.15, 0.2) is 5.78 Å². The third-order valence-electron chi connectivity index (χ3n) is 4.46. The fourth-order valence-electron chi connectivity index (χ4n) is 3.17. The molecule has 0 radical (unpaired) electrons. The maximum atomic E-state index is 13.2. The summed E-state index contributed by atoms with van der Waals surface area (Å²) in [5.41, 5.74) is 2.96. The van der Waals surface area contributed by atoms with Crippen LogP contribution in [0.4, 0.5) is 11.4 Å². The number of aliphatic hydroxyl groups excluding tert-OH is 2. The van der Waals surface area contributed by atoms with E-state index in [1.54, 1.807) is 0 Å². The normalized spacial score (nSPS) is 10.6. The predicted molar refractivity (Wildman–Crippen MR) is 106 cm³/mol. The van der Waals surface area contributed by atoms with Crippen molar-refractivity contribution < 1.29 is 15.0 Å². The Labute approximate surface area is 155 Å². The molecule has 0 unspecified atom stereocenters. The molecule has 5 heteroatoms. The van der Waals surface area contributed by atoms with Crippen LogP contribution in [0.3, 0.4) is 0 Å². The van der Waals surface area contributed by atoms with E-state index < -0.39 is 0 Å². The Balaban J connectivity index is 2.61. The SMILES string of the molecule is CCN(CCO)c1cccc(C(=O)c2ccccc2)c1N(CC)CCO. The van der Waals surface area contributed by atoms with Crippen LogP contribution in [-0.2, 0) is 0 Å². The molecular weight excluding hydrogens is 328 g/mol. The van der Waals surface area contributed by atoms with Crippen LogP contribution in [0.25, 0.3) is 0 Å². The van der Waals surface area contributed by atoms with Gasteiger partial charge in [-0.15, -0.1) is 0 Å². The standard InChI is InChI=1S/C21H28N2O3/c1-3-22(13-15-24)19-12-8-11-18(20(19)23(4-2)14-16-25)21(26)17-9-6-5-7-10-17/h5-12,24-25H,3-4,13-16H2,1-2H3. The number of hydrogen-bond donors (Lipinski definition) is 2. The zero-order chi connectivity index (χ0) is 18.9. The molecule has 2 aromatic carbocycles. The first kappa shape index (κ1) is 19.9. The number of para-hydroxylation sites is 1. The van der Waals surface area contributed by atoms with Crippen molar-refractivity contribution in [2.24, 2.45) is 0 Å². The molecule has 0 saturated carbocycles. The molecule has 0 aliphatic rings. The fraction of sp³-hybridized carbons (Fsp3) is 0.381. The number of ketones is 1. The smallest absolute Gasteiger partial charge is 0.195 e. The van der Waals surface area contributed by atoms with Gasteiger partial charge in [-0.05, 0) is 26.0 Å². The van der Waals surface area contributed by atoms with E-state index >= 15 is 0 Å². The van der Waals surface area contributed by atoms with Crippen molar-refractivity contribution in [2.45, 2.75) is 13.8 Å². The zero-order valence-electron chi connectivity index (χ0n) is 15.6. The number of carbonyl (C=O) groups excluding carboxylic acids is 1. The molecule has 0 heterocycles. The van der Waals surface area contributed by atoms with Gasteiger partial charge in [-0.1, -0.05) is 36.4 Å². The Morgan fingerprint density at radius 1 is 0.846 bits per heavy atom. The molecule has 140 valence electrons. The van der Waals surface area contributed by atoms with Crippen molar-refractivity contribution >= 4 is 17.2 Å². The Hall–Kier alpha value is -2.37. The average Bonchev–Trinajstić information content (AvgIpc) is 2.70. The Morgan fingerprint density at radius 2 is 1.46 bits per heavy atom. The van der Waals surface area contributed by atoms with E-state index in [4.69, 9.17) is 0 Å². The van der Waals surface area contributed by atoms with Crippen molar-refractivity contribution in [3.8, 4) is 0 Å². The Bertz CT molecular complexity index is 704. The highest BCUT2D eigenvalue weighted by Crippen LogP contribution is 2.34. The fourth-order valence-corrected chi connectivity index (χ4v) is 3.17. The van der Waals surface area contributed by atoms with Gasteiger partial charge in [0.05, 0.1) is 24.6 Å². The molecule has 2 aromatic rings. The van der Waals surface area contributed by atoms with Crippen molar-refractivity contribution in [3.05, 3.63) is 59.7 Å². The number of nitrogens with zero attached hydrogens (tertiary/aromatic N) is 2.